The topological polar surface area (TPSA) is 93.3 Å². The second kappa shape index (κ2) is 3.87. The molecule has 1 aromatic heterocycles. The van der Waals surface area contributed by atoms with Gasteiger partial charge >= 0.3 is 0 Å². The highest BCUT2D eigenvalue weighted by Gasteiger charge is 2.21. The van der Waals surface area contributed by atoms with Gasteiger partial charge in [0.25, 0.3) is 16.4 Å². The number of aromatic nitrogens is 1. The van der Waals surface area contributed by atoms with Gasteiger partial charge in [-0.2, -0.15) is 0 Å². The number of hydrogen-bond acceptors (Lipinski definition) is 4. The van der Waals surface area contributed by atoms with Crippen molar-refractivity contribution < 1.29 is 22.3 Å². The van der Waals surface area contributed by atoms with Crippen LogP contribution in [0.3, 0.4) is 0 Å². The highest BCUT2D eigenvalue weighted by molar-refractivity contribution is 7.89. The Morgan fingerprint density at radius 3 is 2.47 bits per heavy atom. The van der Waals surface area contributed by atoms with Crippen molar-refractivity contribution in [1.29, 1.82) is 0 Å². The van der Waals surface area contributed by atoms with Crippen LogP contribution in [-0.4, -0.2) is 18.5 Å². The Hall–Kier alpha value is -0.990. The third-order valence-corrected chi connectivity index (χ3v) is 2.54. The van der Waals surface area contributed by atoms with Crippen LogP contribution in [0.1, 0.15) is 12.0 Å². The van der Waals surface area contributed by atoms with Crippen LogP contribution in [-0.2, 0) is 10.0 Å². The lowest BCUT2D eigenvalue weighted by molar-refractivity contribution is 0.147. The summed E-state index contributed by atoms with van der Waals surface area (Å²) in [6.45, 7) is 0. The molecule has 0 radical (unpaired) electrons. The molecule has 1 heterocycles. The molecule has 0 bridgehead atoms. The molecule has 0 aromatic carbocycles. The summed E-state index contributed by atoms with van der Waals surface area (Å²) in [7, 11) is -4.24. The molecule has 0 atom stereocenters. The fraction of sp³-hybridized carbons (Fsp3) is 0.167. The van der Waals surface area contributed by atoms with Gasteiger partial charge in [-0.15, -0.1) is 0 Å². The van der Waals surface area contributed by atoms with Gasteiger partial charge in [-0.05, 0) is 6.07 Å². The number of sulfonamides is 1. The molecular formula is C6H5ClF2N2O3S. The largest absolute Gasteiger partial charge is 0.504 e. The summed E-state index contributed by atoms with van der Waals surface area (Å²) in [4.78, 5) is 3.16. The van der Waals surface area contributed by atoms with Crippen molar-refractivity contribution in [3.8, 4) is 5.75 Å². The monoisotopic (exact) mass is 258 g/mol. The smallest absolute Gasteiger partial charge is 0.267 e. The van der Waals surface area contributed by atoms with E-state index < -0.39 is 37.9 Å². The number of halogens is 3. The van der Waals surface area contributed by atoms with Gasteiger partial charge in [0.1, 0.15) is 0 Å². The van der Waals surface area contributed by atoms with E-state index in [2.05, 4.69) is 10.1 Å². The Morgan fingerprint density at radius 2 is 2.07 bits per heavy atom. The highest BCUT2D eigenvalue weighted by atomic mass is 35.5. The molecule has 0 aliphatic rings. The summed E-state index contributed by atoms with van der Waals surface area (Å²) >= 11 is 5.25. The molecule has 0 aliphatic heterocycles. The molecule has 84 valence electrons. The average Bonchev–Trinajstić information content (AvgIpc) is 2.06. The second-order valence-corrected chi connectivity index (χ2v) is 4.40. The lowest BCUT2D eigenvalue weighted by atomic mass is 10.2. The van der Waals surface area contributed by atoms with E-state index in [0.29, 0.717) is 6.07 Å². The first kappa shape index (κ1) is 12.1. The van der Waals surface area contributed by atoms with E-state index in [4.69, 9.17) is 16.7 Å². The van der Waals surface area contributed by atoms with Gasteiger partial charge in [-0.25, -0.2) is 27.3 Å². The van der Waals surface area contributed by atoms with Crippen LogP contribution in [0.5, 0.6) is 5.75 Å². The van der Waals surface area contributed by atoms with Crippen LogP contribution in [0.25, 0.3) is 0 Å². The predicted molar refractivity (Wildman–Crippen MR) is 47.2 cm³/mol. The quantitative estimate of drug-likeness (QED) is 0.775. The molecule has 0 unspecified atom stereocenters. The highest BCUT2D eigenvalue weighted by Crippen LogP contribution is 2.34. The molecule has 0 saturated carbocycles. The number of alkyl halides is 2. The molecule has 1 rings (SSSR count). The Morgan fingerprint density at radius 1 is 1.53 bits per heavy atom. The number of pyridine rings is 1. The summed E-state index contributed by atoms with van der Waals surface area (Å²) in [6, 6.07) is 0.473. The molecule has 0 amide bonds. The fourth-order valence-electron chi connectivity index (χ4n) is 0.815. The maximum atomic E-state index is 12.3. The minimum Gasteiger partial charge on any atom is -0.504 e. The van der Waals surface area contributed by atoms with Gasteiger partial charge in [-0.1, -0.05) is 11.6 Å². The van der Waals surface area contributed by atoms with Gasteiger partial charge in [0.05, 0.1) is 5.56 Å². The molecule has 3 N–H and O–H groups in total. The maximum absolute atomic E-state index is 12.3. The molecule has 0 spiro atoms. The van der Waals surface area contributed by atoms with E-state index in [1.807, 2.05) is 0 Å². The normalized spacial score (nSPS) is 12.1. The third-order valence-electron chi connectivity index (χ3n) is 1.48. The van der Waals surface area contributed by atoms with Crippen LogP contribution >= 0.6 is 11.6 Å². The average molecular weight is 259 g/mol. The first-order valence-electron chi connectivity index (χ1n) is 3.44. The molecule has 9 heteroatoms. The zero-order valence-corrected chi connectivity index (χ0v) is 8.56. The number of nitrogens with zero attached hydrogens (tertiary/aromatic N) is 1. The molecule has 0 aliphatic carbocycles. The summed E-state index contributed by atoms with van der Waals surface area (Å²) in [5.41, 5.74) is -0.931. The minimum atomic E-state index is -4.24. The van der Waals surface area contributed by atoms with Crippen LogP contribution in [0.2, 0.25) is 5.15 Å². The second-order valence-electron chi connectivity index (χ2n) is 2.53. The molecular weight excluding hydrogens is 254 g/mol. The predicted octanol–water partition coefficient (Wildman–Crippen LogP) is 1.03. The van der Waals surface area contributed by atoms with E-state index in [9.17, 15) is 17.2 Å². The lowest BCUT2D eigenvalue weighted by Gasteiger charge is -2.06. The summed E-state index contributed by atoms with van der Waals surface area (Å²) in [5.74, 6) is -0.959. The van der Waals surface area contributed by atoms with Crippen LogP contribution in [0, 0.1) is 0 Å². The molecule has 1 aromatic rings. The minimum absolute atomic E-state index is 0.473. The number of hydrogen-bond donors (Lipinski definition) is 2. The summed E-state index contributed by atoms with van der Waals surface area (Å²) in [5, 5.41) is 12.2. The van der Waals surface area contributed by atoms with Crippen molar-refractivity contribution in [2.75, 3.05) is 0 Å². The number of rotatable bonds is 2. The Kier molecular flexibility index (Phi) is 3.12. The van der Waals surface area contributed by atoms with Crippen molar-refractivity contribution in [2.24, 2.45) is 5.14 Å². The Bertz CT molecular complexity index is 491. The van der Waals surface area contributed by atoms with E-state index in [1.54, 1.807) is 0 Å². The van der Waals surface area contributed by atoms with Gasteiger partial charge in [0, 0.05) is 0 Å². The van der Waals surface area contributed by atoms with Gasteiger partial charge in [0.15, 0.2) is 15.9 Å². The van der Waals surface area contributed by atoms with Gasteiger partial charge in [-0.3, -0.25) is 0 Å². The van der Waals surface area contributed by atoms with Crippen molar-refractivity contribution in [2.45, 2.75) is 11.5 Å². The SMILES string of the molecule is NS(=O)(=O)c1cc(C(F)F)c(O)c(Cl)n1. The Labute approximate surface area is 88.5 Å². The van der Waals surface area contributed by atoms with Crippen molar-refractivity contribution in [1.82, 2.24) is 4.98 Å². The third kappa shape index (κ3) is 2.52. The van der Waals surface area contributed by atoms with Crippen LogP contribution < -0.4 is 5.14 Å². The molecule has 0 fully saturated rings. The van der Waals surface area contributed by atoms with E-state index in [0.717, 1.165) is 0 Å². The van der Waals surface area contributed by atoms with Crippen molar-refractivity contribution in [3.05, 3.63) is 16.8 Å². The van der Waals surface area contributed by atoms with E-state index >= 15 is 0 Å². The zero-order chi connectivity index (χ0) is 11.8. The first-order valence-corrected chi connectivity index (χ1v) is 5.36. The van der Waals surface area contributed by atoms with Crippen LogP contribution in [0.4, 0.5) is 8.78 Å². The van der Waals surface area contributed by atoms with Crippen LogP contribution in [0.15, 0.2) is 11.1 Å². The summed E-state index contributed by atoms with van der Waals surface area (Å²) < 4.78 is 46.2. The molecule has 0 saturated heterocycles. The number of primary sulfonamides is 1. The number of aromatic hydroxyl groups is 1. The number of nitrogens with two attached hydrogens (primary N) is 1. The van der Waals surface area contributed by atoms with Crippen molar-refractivity contribution >= 4 is 21.6 Å². The van der Waals surface area contributed by atoms with E-state index in [1.165, 1.54) is 0 Å². The van der Waals surface area contributed by atoms with E-state index in [-0.39, 0.29) is 0 Å². The maximum Gasteiger partial charge on any atom is 0.267 e. The zero-order valence-electron chi connectivity index (χ0n) is 6.99. The fourth-order valence-corrected chi connectivity index (χ4v) is 1.57. The molecule has 5 nitrogen and oxygen atoms in total. The molecule has 15 heavy (non-hydrogen) atoms. The standard InChI is InChI=1S/C6H5ClF2N2O3S/c7-5-4(12)2(6(8)9)1-3(11-5)15(10,13)14/h1,6,12H,(H2,10,13,14). The van der Waals surface area contributed by atoms with Gasteiger partial charge in [0.2, 0.25) is 0 Å². The lowest BCUT2D eigenvalue weighted by Crippen LogP contribution is -2.14. The summed E-state index contributed by atoms with van der Waals surface area (Å²) in [6.07, 6.45) is -3.08. The van der Waals surface area contributed by atoms with Gasteiger partial charge < -0.3 is 5.11 Å². The first-order chi connectivity index (χ1) is 6.73. The van der Waals surface area contributed by atoms with Crippen molar-refractivity contribution in [3.63, 3.8) is 0 Å². The Balaban J connectivity index is 3.50.